The molecular formula is C16H12N2O3S. The Bertz CT molecular complexity index is 1010. The Morgan fingerprint density at radius 2 is 2.23 bits per heavy atom. The van der Waals surface area contributed by atoms with Crippen LogP contribution < -0.4 is 4.74 Å². The van der Waals surface area contributed by atoms with Crippen molar-refractivity contribution in [1.82, 2.24) is 4.40 Å². The summed E-state index contributed by atoms with van der Waals surface area (Å²) in [6.07, 6.45) is 1.82. The highest BCUT2D eigenvalue weighted by Gasteiger charge is 2.21. The first-order chi connectivity index (χ1) is 10.6. The van der Waals surface area contributed by atoms with Crippen molar-refractivity contribution in [2.24, 2.45) is 0 Å². The van der Waals surface area contributed by atoms with Gasteiger partial charge in [-0.25, -0.2) is 4.79 Å². The number of ether oxygens (including phenoxy) is 1. The summed E-state index contributed by atoms with van der Waals surface area (Å²) in [5.74, 6) is -0.474. The first kappa shape index (κ1) is 14.3. The van der Waals surface area contributed by atoms with Crippen LogP contribution in [0.4, 0.5) is 0 Å². The van der Waals surface area contributed by atoms with E-state index in [0.717, 1.165) is 22.4 Å². The Hall–Kier alpha value is -2.65. The third-order valence-corrected chi connectivity index (χ3v) is 4.39. The standard InChI is InChI=1S/C16H12N2O3S/c1-3-21-15(19)13-14-11(6-10(7-17)16(20)22-14)12-5-4-9(2)8-18(12)13/h4-6,8H,3H2,1-2H3. The van der Waals surface area contributed by atoms with Gasteiger partial charge in [0.25, 0.3) is 4.74 Å². The van der Waals surface area contributed by atoms with Crippen molar-refractivity contribution in [1.29, 1.82) is 5.26 Å². The van der Waals surface area contributed by atoms with Crippen LogP contribution in [0, 0.1) is 18.3 Å². The van der Waals surface area contributed by atoms with Gasteiger partial charge in [-0.05, 0) is 31.5 Å². The van der Waals surface area contributed by atoms with E-state index < -0.39 is 5.97 Å². The molecule has 3 aromatic rings. The zero-order valence-corrected chi connectivity index (χ0v) is 12.9. The summed E-state index contributed by atoms with van der Waals surface area (Å²) >= 11 is 0.906. The number of nitrogens with zero attached hydrogens (tertiary/aromatic N) is 2. The van der Waals surface area contributed by atoms with Crippen LogP contribution in [0.5, 0.6) is 0 Å². The van der Waals surface area contributed by atoms with Gasteiger partial charge in [0.1, 0.15) is 17.3 Å². The lowest BCUT2D eigenvalue weighted by atomic mass is 10.2. The molecule has 0 spiro atoms. The molecule has 0 bridgehead atoms. The molecule has 0 saturated heterocycles. The van der Waals surface area contributed by atoms with Crippen LogP contribution in [0.2, 0.25) is 0 Å². The minimum absolute atomic E-state index is 0.0842. The fourth-order valence-corrected chi connectivity index (χ4v) is 3.38. The van der Waals surface area contributed by atoms with Gasteiger partial charge in [0.05, 0.1) is 16.8 Å². The molecule has 3 rings (SSSR count). The normalized spacial score (nSPS) is 10.8. The number of nitriles is 1. The summed E-state index contributed by atoms with van der Waals surface area (Å²) in [6.45, 7) is 3.91. The summed E-state index contributed by atoms with van der Waals surface area (Å²) in [4.78, 5) is 24.3. The molecule has 22 heavy (non-hydrogen) atoms. The molecule has 0 saturated carbocycles. The SMILES string of the molecule is CCOC(=O)c1c2sc(=O)c(C#N)cc2c2ccc(C)cn12. The van der Waals surface area contributed by atoms with E-state index in [0.29, 0.717) is 15.8 Å². The topological polar surface area (TPSA) is 71.6 Å². The smallest absolute Gasteiger partial charge is 0.356 e. The molecule has 0 aromatic carbocycles. The summed E-state index contributed by atoms with van der Waals surface area (Å²) in [5, 5.41) is 9.76. The lowest BCUT2D eigenvalue weighted by Crippen LogP contribution is -2.08. The zero-order chi connectivity index (χ0) is 15.9. The number of hydrogen-bond donors (Lipinski definition) is 0. The van der Waals surface area contributed by atoms with Gasteiger partial charge in [-0.15, -0.1) is 0 Å². The third kappa shape index (κ3) is 2.07. The number of fused-ring (bicyclic) bond motifs is 3. The van der Waals surface area contributed by atoms with Crippen molar-refractivity contribution in [2.75, 3.05) is 6.61 Å². The highest BCUT2D eigenvalue weighted by Crippen LogP contribution is 2.30. The van der Waals surface area contributed by atoms with Crippen LogP contribution >= 0.6 is 11.3 Å². The van der Waals surface area contributed by atoms with Crippen LogP contribution in [0.1, 0.15) is 28.5 Å². The highest BCUT2D eigenvalue weighted by molar-refractivity contribution is 7.17. The van der Waals surface area contributed by atoms with Crippen molar-refractivity contribution in [2.45, 2.75) is 13.8 Å². The van der Waals surface area contributed by atoms with Crippen molar-refractivity contribution < 1.29 is 9.53 Å². The van der Waals surface area contributed by atoms with Crippen LogP contribution in [0.3, 0.4) is 0 Å². The lowest BCUT2D eigenvalue weighted by Gasteiger charge is -2.03. The van der Waals surface area contributed by atoms with Gasteiger partial charge in [-0.3, -0.25) is 4.79 Å². The maximum Gasteiger partial charge on any atom is 0.356 e. The molecule has 3 heterocycles. The van der Waals surface area contributed by atoms with Crippen molar-refractivity contribution >= 4 is 32.9 Å². The van der Waals surface area contributed by atoms with Crippen LogP contribution in [0.25, 0.3) is 15.6 Å². The van der Waals surface area contributed by atoms with Gasteiger partial charge in [0.15, 0.2) is 0 Å². The summed E-state index contributed by atoms with van der Waals surface area (Å²) in [6, 6.07) is 7.24. The van der Waals surface area contributed by atoms with Gasteiger partial charge < -0.3 is 9.14 Å². The van der Waals surface area contributed by atoms with Crippen molar-refractivity contribution in [3.8, 4) is 6.07 Å². The van der Waals surface area contributed by atoms with Gasteiger partial charge in [0, 0.05) is 11.6 Å². The minimum atomic E-state index is -0.474. The predicted molar refractivity (Wildman–Crippen MR) is 84.5 cm³/mol. The van der Waals surface area contributed by atoms with E-state index in [1.807, 2.05) is 31.3 Å². The average Bonchev–Trinajstić information content (AvgIpc) is 2.78. The lowest BCUT2D eigenvalue weighted by molar-refractivity contribution is 0.0521. The maximum absolute atomic E-state index is 12.3. The molecule has 0 aliphatic heterocycles. The van der Waals surface area contributed by atoms with Crippen LogP contribution in [-0.4, -0.2) is 17.0 Å². The molecule has 0 amide bonds. The maximum atomic E-state index is 12.3. The highest BCUT2D eigenvalue weighted by atomic mass is 32.1. The Balaban J connectivity index is 2.51. The van der Waals surface area contributed by atoms with Gasteiger partial charge >= 0.3 is 5.97 Å². The number of pyridine rings is 1. The van der Waals surface area contributed by atoms with E-state index in [2.05, 4.69) is 0 Å². The fraction of sp³-hybridized carbons (Fsp3) is 0.188. The molecule has 5 nitrogen and oxygen atoms in total. The molecule has 0 unspecified atom stereocenters. The Morgan fingerprint density at radius 3 is 2.91 bits per heavy atom. The van der Waals surface area contributed by atoms with Crippen molar-refractivity contribution in [3.05, 3.63) is 50.8 Å². The Labute approximate surface area is 130 Å². The Morgan fingerprint density at radius 1 is 1.45 bits per heavy atom. The predicted octanol–water partition coefficient (Wildman–Crippen LogP) is 2.87. The minimum Gasteiger partial charge on any atom is -0.461 e. The molecule has 0 radical (unpaired) electrons. The van der Waals surface area contributed by atoms with Gasteiger partial charge in [-0.2, -0.15) is 5.26 Å². The zero-order valence-electron chi connectivity index (χ0n) is 12.0. The molecule has 0 fully saturated rings. The quantitative estimate of drug-likeness (QED) is 0.682. The molecule has 0 atom stereocenters. The number of carbonyl (C=O) groups excluding carboxylic acids is 1. The molecule has 0 aliphatic carbocycles. The number of carbonyl (C=O) groups is 1. The second-order valence-corrected chi connectivity index (χ2v) is 5.82. The van der Waals surface area contributed by atoms with Crippen LogP contribution in [0.15, 0.2) is 29.2 Å². The number of hydrogen-bond acceptors (Lipinski definition) is 5. The summed E-state index contributed by atoms with van der Waals surface area (Å²) < 4.78 is 7.05. The molecule has 3 aromatic heterocycles. The summed E-state index contributed by atoms with van der Waals surface area (Å²) in [7, 11) is 0. The summed E-state index contributed by atoms with van der Waals surface area (Å²) in [5.41, 5.74) is 2.17. The number of rotatable bonds is 2. The fourth-order valence-electron chi connectivity index (χ4n) is 2.43. The van der Waals surface area contributed by atoms with E-state index in [4.69, 9.17) is 10.00 Å². The molecule has 6 heteroatoms. The molecule has 0 aliphatic rings. The van der Waals surface area contributed by atoms with Gasteiger partial charge in [-0.1, -0.05) is 17.4 Å². The number of aryl methyl sites for hydroxylation is 1. The van der Waals surface area contributed by atoms with E-state index in [1.165, 1.54) is 0 Å². The largest absolute Gasteiger partial charge is 0.461 e. The van der Waals surface area contributed by atoms with E-state index in [9.17, 15) is 9.59 Å². The molecule has 0 N–H and O–H groups in total. The van der Waals surface area contributed by atoms with E-state index >= 15 is 0 Å². The second-order valence-electron chi connectivity index (χ2n) is 4.83. The number of esters is 1. The van der Waals surface area contributed by atoms with E-state index in [-0.39, 0.29) is 16.9 Å². The first-order valence-corrected chi connectivity index (χ1v) is 7.54. The second kappa shape index (κ2) is 5.28. The monoisotopic (exact) mass is 312 g/mol. The number of aromatic nitrogens is 1. The Kier molecular flexibility index (Phi) is 3.43. The van der Waals surface area contributed by atoms with Gasteiger partial charge in [0.2, 0.25) is 0 Å². The molecular weight excluding hydrogens is 300 g/mol. The van der Waals surface area contributed by atoms with E-state index in [1.54, 1.807) is 17.4 Å². The third-order valence-electron chi connectivity index (χ3n) is 3.37. The van der Waals surface area contributed by atoms with Crippen LogP contribution in [-0.2, 0) is 4.74 Å². The molecule has 110 valence electrons. The average molecular weight is 312 g/mol. The first-order valence-electron chi connectivity index (χ1n) is 6.72. The van der Waals surface area contributed by atoms with Crippen molar-refractivity contribution in [3.63, 3.8) is 0 Å².